The summed E-state index contributed by atoms with van der Waals surface area (Å²) in [5, 5.41) is 11.7. The number of aliphatic hydroxyl groups is 1. The summed E-state index contributed by atoms with van der Waals surface area (Å²) in [4.78, 5) is 13.8. The molecule has 0 aromatic heterocycles. The highest BCUT2D eigenvalue weighted by molar-refractivity contribution is 5.76. The molecule has 1 heterocycles. The molecule has 4 nitrogen and oxygen atoms in total. The molecule has 2 unspecified atom stereocenters. The average Bonchev–Trinajstić information content (AvgIpc) is 2.19. The first-order valence-electron chi connectivity index (χ1n) is 5.72. The average molecular weight is 214 g/mol. The van der Waals surface area contributed by atoms with E-state index < -0.39 is 0 Å². The van der Waals surface area contributed by atoms with Gasteiger partial charge in [0.25, 0.3) is 0 Å². The van der Waals surface area contributed by atoms with Crippen molar-refractivity contribution in [3.63, 3.8) is 0 Å². The fourth-order valence-electron chi connectivity index (χ4n) is 2.09. The zero-order chi connectivity index (χ0) is 11.3. The van der Waals surface area contributed by atoms with Crippen LogP contribution in [0.15, 0.2) is 0 Å². The molecule has 1 aliphatic heterocycles. The van der Waals surface area contributed by atoms with Crippen molar-refractivity contribution in [3.05, 3.63) is 0 Å². The SMILES string of the molecule is CC1CN(C)CCC1NC(=O)CCCO. The predicted octanol–water partition coefficient (Wildman–Crippen LogP) is 0.215. The number of amides is 1. The minimum Gasteiger partial charge on any atom is -0.396 e. The first kappa shape index (κ1) is 12.5. The van der Waals surface area contributed by atoms with Gasteiger partial charge in [0, 0.05) is 25.6 Å². The molecule has 0 aliphatic carbocycles. The van der Waals surface area contributed by atoms with Crippen LogP contribution in [0.25, 0.3) is 0 Å². The summed E-state index contributed by atoms with van der Waals surface area (Å²) in [6.07, 6.45) is 2.03. The van der Waals surface area contributed by atoms with Crippen molar-refractivity contribution in [2.24, 2.45) is 5.92 Å². The van der Waals surface area contributed by atoms with Crippen molar-refractivity contribution in [1.82, 2.24) is 10.2 Å². The Kier molecular flexibility index (Phi) is 5.05. The highest BCUT2D eigenvalue weighted by Crippen LogP contribution is 2.15. The van der Waals surface area contributed by atoms with Gasteiger partial charge >= 0.3 is 0 Å². The van der Waals surface area contributed by atoms with Gasteiger partial charge in [0.15, 0.2) is 0 Å². The highest BCUT2D eigenvalue weighted by Gasteiger charge is 2.24. The fraction of sp³-hybridized carbons (Fsp3) is 0.909. The van der Waals surface area contributed by atoms with Crippen molar-refractivity contribution in [2.75, 3.05) is 26.7 Å². The smallest absolute Gasteiger partial charge is 0.220 e. The van der Waals surface area contributed by atoms with Crippen molar-refractivity contribution in [1.29, 1.82) is 0 Å². The van der Waals surface area contributed by atoms with Crippen LogP contribution in [-0.4, -0.2) is 48.7 Å². The largest absolute Gasteiger partial charge is 0.396 e. The molecule has 1 amide bonds. The second-order valence-electron chi connectivity index (χ2n) is 4.53. The van der Waals surface area contributed by atoms with Crippen LogP contribution in [0.4, 0.5) is 0 Å². The number of nitrogens with one attached hydrogen (secondary N) is 1. The zero-order valence-electron chi connectivity index (χ0n) is 9.70. The van der Waals surface area contributed by atoms with Crippen LogP contribution in [0.2, 0.25) is 0 Å². The summed E-state index contributed by atoms with van der Waals surface area (Å²) in [6, 6.07) is 0.312. The number of hydrogen-bond donors (Lipinski definition) is 2. The van der Waals surface area contributed by atoms with E-state index >= 15 is 0 Å². The number of carbonyl (C=O) groups is 1. The van der Waals surface area contributed by atoms with Gasteiger partial charge in [0.2, 0.25) is 5.91 Å². The molecule has 0 aromatic carbocycles. The molecule has 1 aliphatic rings. The second kappa shape index (κ2) is 6.08. The van der Waals surface area contributed by atoms with Crippen molar-refractivity contribution < 1.29 is 9.90 Å². The van der Waals surface area contributed by atoms with E-state index in [0.29, 0.717) is 24.8 Å². The maximum atomic E-state index is 11.5. The molecule has 2 atom stereocenters. The van der Waals surface area contributed by atoms with Gasteiger partial charge in [-0.3, -0.25) is 4.79 Å². The maximum absolute atomic E-state index is 11.5. The van der Waals surface area contributed by atoms with Crippen LogP contribution < -0.4 is 5.32 Å². The third-order valence-corrected chi connectivity index (χ3v) is 3.02. The van der Waals surface area contributed by atoms with Crippen LogP contribution in [0.3, 0.4) is 0 Å². The first-order chi connectivity index (χ1) is 7.13. The quantitative estimate of drug-likeness (QED) is 0.703. The number of carbonyl (C=O) groups excluding carboxylic acids is 1. The number of hydrogen-bond acceptors (Lipinski definition) is 3. The minimum atomic E-state index is 0.0745. The molecule has 88 valence electrons. The van der Waals surface area contributed by atoms with Crippen LogP contribution >= 0.6 is 0 Å². The normalized spacial score (nSPS) is 27.7. The van der Waals surface area contributed by atoms with Gasteiger partial charge in [-0.15, -0.1) is 0 Å². The molecule has 0 saturated carbocycles. The summed E-state index contributed by atoms with van der Waals surface area (Å²) in [7, 11) is 2.11. The molecular formula is C11H22N2O2. The summed E-state index contributed by atoms with van der Waals surface area (Å²) in [5.41, 5.74) is 0. The molecule has 2 N–H and O–H groups in total. The highest BCUT2D eigenvalue weighted by atomic mass is 16.3. The van der Waals surface area contributed by atoms with Gasteiger partial charge in [-0.1, -0.05) is 6.92 Å². The topological polar surface area (TPSA) is 52.6 Å². The monoisotopic (exact) mass is 214 g/mol. The van der Waals surface area contributed by atoms with Crippen molar-refractivity contribution in [2.45, 2.75) is 32.2 Å². The van der Waals surface area contributed by atoms with E-state index in [2.05, 4.69) is 24.2 Å². The van der Waals surface area contributed by atoms with E-state index in [4.69, 9.17) is 5.11 Å². The lowest BCUT2D eigenvalue weighted by atomic mass is 9.94. The molecule has 1 fully saturated rings. The molecule has 0 aromatic rings. The van der Waals surface area contributed by atoms with Gasteiger partial charge in [-0.05, 0) is 32.4 Å². The van der Waals surface area contributed by atoms with Gasteiger partial charge in [-0.25, -0.2) is 0 Å². The Bertz CT molecular complexity index is 209. The van der Waals surface area contributed by atoms with E-state index in [0.717, 1.165) is 19.5 Å². The van der Waals surface area contributed by atoms with Crippen LogP contribution in [0.1, 0.15) is 26.2 Å². The molecule has 1 rings (SSSR count). The third-order valence-electron chi connectivity index (χ3n) is 3.02. The zero-order valence-corrected chi connectivity index (χ0v) is 9.70. The number of piperidine rings is 1. The van der Waals surface area contributed by atoms with Crippen molar-refractivity contribution >= 4 is 5.91 Å². The number of rotatable bonds is 4. The molecule has 15 heavy (non-hydrogen) atoms. The van der Waals surface area contributed by atoms with Crippen molar-refractivity contribution in [3.8, 4) is 0 Å². The Morgan fingerprint density at radius 3 is 2.93 bits per heavy atom. The number of aliphatic hydroxyl groups excluding tert-OH is 1. The molecule has 1 saturated heterocycles. The lowest BCUT2D eigenvalue weighted by molar-refractivity contribution is -0.122. The Morgan fingerprint density at radius 1 is 1.60 bits per heavy atom. The van der Waals surface area contributed by atoms with E-state index in [-0.39, 0.29) is 12.5 Å². The minimum absolute atomic E-state index is 0.0745. The molecule has 0 bridgehead atoms. The van der Waals surface area contributed by atoms with Gasteiger partial charge in [0.05, 0.1) is 0 Å². The molecular weight excluding hydrogens is 192 g/mol. The van der Waals surface area contributed by atoms with E-state index in [1.165, 1.54) is 0 Å². The standard InChI is InChI=1S/C11H22N2O2/c1-9-8-13(2)6-5-10(9)12-11(15)4-3-7-14/h9-10,14H,3-8H2,1-2H3,(H,12,15). The Hall–Kier alpha value is -0.610. The Labute approximate surface area is 91.6 Å². The van der Waals surface area contributed by atoms with Gasteiger partial charge in [0.1, 0.15) is 0 Å². The second-order valence-corrected chi connectivity index (χ2v) is 4.53. The fourth-order valence-corrected chi connectivity index (χ4v) is 2.09. The molecule has 0 spiro atoms. The van der Waals surface area contributed by atoms with E-state index in [1.807, 2.05) is 0 Å². The maximum Gasteiger partial charge on any atom is 0.220 e. The Morgan fingerprint density at radius 2 is 2.33 bits per heavy atom. The van der Waals surface area contributed by atoms with E-state index in [1.54, 1.807) is 0 Å². The van der Waals surface area contributed by atoms with Crippen LogP contribution in [0, 0.1) is 5.92 Å². The summed E-state index contributed by atoms with van der Waals surface area (Å²) < 4.78 is 0. The molecule has 0 radical (unpaired) electrons. The lowest BCUT2D eigenvalue weighted by Gasteiger charge is -2.35. The summed E-state index contributed by atoms with van der Waals surface area (Å²) >= 11 is 0. The first-order valence-corrected chi connectivity index (χ1v) is 5.72. The number of nitrogens with zero attached hydrogens (tertiary/aromatic N) is 1. The van der Waals surface area contributed by atoms with Gasteiger partial charge < -0.3 is 15.3 Å². The van der Waals surface area contributed by atoms with E-state index in [9.17, 15) is 4.79 Å². The number of likely N-dealkylation sites (tertiary alicyclic amines) is 1. The lowest BCUT2D eigenvalue weighted by Crippen LogP contribution is -2.48. The third kappa shape index (κ3) is 4.18. The molecule has 4 heteroatoms. The predicted molar refractivity (Wildman–Crippen MR) is 59.5 cm³/mol. The van der Waals surface area contributed by atoms with Gasteiger partial charge in [-0.2, -0.15) is 0 Å². The summed E-state index contributed by atoms with van der Waals surface area (Å²) in [6.45, 7) is 4.36. The summed E-state index contributed by atoms with van der Waals surface area (Å²) in [5.74, 6) is 0.590. The Balaban J connectivity index is 2.28. The van der Waals surface area contributed by atoms with Crippen LogP contribution in [0.5, 0.6) is 0 Å². The van der Waals surface area contributed by atoms with Crippen LogP contribution in [-0.2, 0) is 4.79 Å².